The predicted octanol–water partition coefficient (Wildman–Crippen LogP) is 6.07. The highest BCUT2D eigenvalue weighted by Crippen LogP contribution is 2.31. The SMILES string of the molecule is Cc1onc(-c2ccccc2Cl)c1C(=O)N/N=C/c1cn(Cc2ccccc2)c2ccccc12. The number of halogens is 1. The number of amides is 1. The van der Waals surface area contributed by atoms with Crippen molar-refractivity contribution >= 4 is 34.6 Å². The number of fused-ring (bicyclic) bond motifs is 1. The molecule has 0 fully saturated rings. The molecule has 0 saturated heterocycles. The molecule has 0 aliphatic rings. The van der Waals surface area contributed by atoms with Crippen molar-refractivity contribution in [1.29, 1.82) is 0 Å². The van der Waals surface area contributed by atoms with Gasteiger partial charge in [-0.3, -0.25) is 4.79 Å². The maximum absolute atomic E-state index is 13.0. The van der Waals surface area contributed by atoms with Crippen LogP contribution in [0.25, 0.3) is 22.2 Å². The average molecular weight is 469 g/mol. The van der Waals surface area contributed by atoms with Crippen molar-refractivity contribution in [2.24, 2.45) is 5.10 Å². The smallest absolute Gasteiger partial charge is 0.277 e. The van der Waals surface area contributed by atoms with Gasteiger partial charge in [-0.25, -0.2) is 5.43 Å². The number of para-hydroxylation sites is 1. The molecule has 3 aromatic carbocycles. The van der Waals surface area contributed by atoms with Crippen LogP contribution in [0.3, 0.4) is 0 Å². The Kier molecular flexibility index (Phi) is 5.97. The third-order valence-electron chi connectivity index (χ3n) is 5.60. The second-order valence-corrected chi connectivity index (χ2v) is 8.26. The summed E-state index contributed by atoms with van der Waals surface area (Å²) in [4.78, 5) is 13.0. The van der Waals surface area contributed by atoms with Crippen molar-refractivity contribution < 1.29 is 9.32 Å². The van der Waals surface area contributed by atoms with Crippen LogP contribution < -0.4 is 5.43 Å². The number of aromatic nitrogens is 2. The lowest BCUT2D eigenvalue weighted by Gasteiger charge is -2.05. The van der Waals surface area contributed by atoms with Gasteiger partial charge in [0.05, 0.1) is 11.2 Å². The van der Waals surface area contributed by atoms with Crippen LogP contribution in [-0.2, 0) is 6.54 Å². The van der Waals surface area contributed by atoms with Crippen LogP contribution in [0.4, 0.5) is 0 Å². The quantitative estimate of drug-likeness (QED) is 0.243. The molecule has 1 N–H and O–H groups in total. The zero-order valence-corrected chi connectivity index (χ0v) is 19.2. The van der Waals surface area contributed by atoms with Crippen molar-refractivity contribution in [1.82, 2.24) is 15.1 Å². The normalized spacial score (nSPS) is 11.4. The Labute approximate surface area is 201 Å². The molecule has 1 amide bonds. The van der Waals surface area contributed by atoms with Gasteiger partial charge in [0.15, 0.2) is 0 Å². The molecule has 0 aliphatic heterocycles. The van der Waals surface area contributed by atoms with Gasteiger partial charge < -0.3 is 9.09 Å². The monoisotopic (exact) mass is 468 g/mol. The molecule has 2 heterocycles. The van der Waals surface area contributed by atoms with Crippen LogP contribution >= 0.6 is 11.6 Å². The standard InChI is InChI=1S/C27H21ClN4O2/c1-18-25(26(31-34-18)22-12-5-7-13-23(22)28)27(33)30-29-15-20-17-32(16-19-9-3-2-4-10-19)24-14-8-6-11-21(20)24/h2-15,17H,16H2,1H3,(H,30,33)/b29-15+. The maximum atomic E-state index is 13.0. The Balaban J connectivity index is 1.40. The van der Waals surface area contributed by atoms with Crippen LogP contribution in [0.15, 0.2) is 94.7 Å². The highest BCUT2D eigenvalue weighted by molar-refractivity contribution is 6.33. The molecule has 5 aromatic rings. The van der Waals surface area contributed by atoms with Crippen LogP contribution in [0.5, 0.6) is 0 Å². The van der Waals surface area contributed by atoms with E-state index < -0.39 is 5.91 Å². The van der Waals surface area contributed by atoms with E-state index in [0.29, 0.717) is 27.6 Å². The van der Waals surface area contributed by atoms with Crippen LogP contribution in [0.2, 0.25) is 5.02 Å². The molecule has 0 aliphatic carbocycles. The summed E-state index contributed by atoms with van der Waals surface area (Å²) in [5, 5.41) is 9.80. The second-order valence-electron chi connectivity index (χ2n) is 7.86. The van der Waals surface area contributed by atoms with E-state index in [1.165, 1.54) is 5.56 Å². The van der Waals surface area contributed by atoms with Gasteiger partial charge in [-0.2, -0.15) is 5.10 Å². The summed E-state index contributed by atoms with van der Waals surface area (Å²) in [5.41, 5.74) is 7.12. The molecule has 0 spiro atoms. The Hall–Kier alpha value is -4.16. The van der Waals surface area contributed by atoms with E-state index >= 15 is 0 Å². The summed E-state index contributed by atoms with van der Waals surface area (Å²) >= 11 is 6.30. The zero-order valence-electron chi connectivity index (χ0n) is 18.4. The number of hydrogen-bond donors (Lipinski definition) is 1. The molecular formula is C27H21ClN4O2. The van der Waals surface area contributed by atoms with E-state index in [4.69, 9.17) is 16.1 Å². The first-order valence-electron chi connectivity index (χ1n) is 10.8. The van der Waals surface area contributed by atoms with Crippen molar-refractivity contribution in [3.8, 4) is 11.3 Å². The summed E-state index contributed by atoms with van der Waals surface area (Å²) < 4.78 is 7.46. The van der Waals surface area contributed by atoms with Gasteiger partial charge in [0, 0.05) is 34.8 Å². The second kappa shape index (κ2) is 9.37. The maximum Gasteiger partial charge on any atom is 0.277 e. The van der Waals surface area contributed by atoms with Crippen LogP contribution in [-0.4, -0.2) is 21.8 Å². The highest BCUT2D eigenvalue weighted by atomic mass is 35.5. The average Bonchev–Trinajstić information content (AvgIpc) is 3.40. The summed E-state index contributed by atoms with van der Waals surface area (Å²) in [6.45, 7) is 2.42. The van der Waals surface area contributed by atoms with E-state index in [9.17, 15) is 4.79 Å². The van der Waals surface area contributed by atoms with E-state index in [1.54, 1.807) is 25.3 Å². The first-order chi connectivity index (χ1) is 16.6. The summed E-state index contributed by atoms with van der Waals surface area (Å²) in [5.74, 6) is -0.0278. The lowest BCUT2D eigenvalue weighted by molar-refractivity contribution is 0.0954. The molecule has 5 rings (SSSR count). The Morgan fingerprint density at radius 3 is 2.62 bits per heavy atom. The third kappa shape index (κ3) is 4.23. The van der Waals surface area contributed by atoms with Crippen molar-refractivity contribution in [2.45, 2.75) is 13.5 Å². The Bertz CT molecular complexity index is 1500. The minimum absolute atomic E-state index is 0.303. The Morgan fingerprint density at radius 1 is 1.06 bits per heavy atom. The number of nitrogens with one attached hydrogen (secondary N) is 1. The predicted molar refractivity (Wildman–Crippen MR) is 134 cm³/mol. The van der Waals surface area contributed by atoms with Gasteiger partial charge in [-0.1, -0.05) is 83.5 Å². The third-order valence-corrected chi connectivity index (χ3v) is 5.93. The van der Waals surface area contributed by atoms with Gasteiger partial charge in [-0.15, -0.1) is 0 Å². The lowest BCUT2D eigenvalue weighted by atomic mass is 10.1. The molecular weight excluding hydrogens is 448 g/mol. The summed E-state index contributed by atoms with van der Waals surface area (Å²) in [7, 11) is 0. The summed E-state index contributed by atoms with van der Waals surface area (Å²) in [6, 6.07) is 25.6. The molecule has 7 heteroatoms. The molecule has 0 unspecified atom stereocenters. The van der Waals surface area contributed by atoms with Gasteiger partial charge >= 0.3 is 0 Å². The minimum atomic E-state index is -0.419. The number of rotatable bonds is 6. The molecule has 168 valence electrons. The Morgan fingerprint density at radius 2 is 1.79 bits per heavy atom. The van der Waals surface area contributed by atoms with E-state index in [-0.39, 0.29) is 0 Å². The molecule has 34 heavy (non-hydrogen) atoms. The lowest BCUT2D eigenvalue weighted by Crippen LogP contribution is -2.18. The van der Waals surface area contributed by atoms with E-state index in [1.807, 2.05) is 54.7 Å². The van der Waals surface area contributed by atoms with E-state index in [0.717, 1.165) is 23.0 Å². The van der Waals surface area contributed by atoms with Gasteiger partial charge in [0.25, 0.3) is 5.91 Å². The number of carbonyl (C=O) groups is 1. The van der Waals surface area contributed by atoms with Gasteiger partial charge in [-0.05, 0) is 24.6 Å². The minimum Gasteiger partial charge on any atom is -0.360 e. The number of hydrazone groups is 1. The van der Waals surface area contributed by atoms with Crippen molar-refractivity contribution in [3.05, 3.63) is 113 Å². The zero-order chi connectivity index (χ0) is 23.5. The molecule has 0 atom stereocenters. The number of nitrogens with zero attached hydrogens (tertiary/aromatic N) is 3. The molecule has 0 radical (unpaired) electrons. The van der Waals surface area contributed by atoms with Crippen LogP contribution in [0.1, 0.15) is 27.2 Å². The molecule has 2 aromatic heterocycles. The molecule has 0 bridgehead atoms. The van der Waals surface area contributed by atoms with E-state index in [2.05, 4.69) is 38.5 Å². The number of carbonyl (C=O) groups excluding carboxylic acids is 1. The fourth-order valence-corrected chi connectivity index (χ4v) is 4.21. The van der Waals surface area contributed by atoms with Gasteiger partial charge in [0.2, 0.25) is 0 Å². The first kappa shape index (κ1) is 21.7. The number of benzene rings is 3. The van der Waals surface area contributed by atoms with Crippen LogP contribution in [0, 0.1) is 6.92 Å². The van der Waals surface area contributed by atoms with Gasteiger partial charge in [0.1, 0.15) is 17.0 Å². The first-order valence-corrected chi connectivity index (χ1v) is 11.2. The van der Waals surface area contributed by atoms with Crippen molar-refractivity contribution in [2.75, 3.05) is 0 Å². The molecule has 6 nitrogen and oxygen atoms in total. The highest BCUT2D eigenvalue weighted by Gasteiger charge is 2.22. The fourth-order valence-electron chi connectivity index (χ4n) is 3.98. The summed E-state index contributed by atoms with van der Waals surface area (Å²) in [6.07, 6.45) is 3.69. The largest absolute Gasteiger partial charge is 0.360 e. The van der Waals surface area contributed by atoms with Crippen molar-refractivity contribution in [3.63, 3.8) is 0 Å². The topological polar surface area (TPSA) is 72.4 Å². The number of aryl methyl sites for hydroxylation is 1. The number of hydrogen-bond acceptors (Lipinski definition) is 4. The fraction of sp³-hybridized carbons (Fsp3) is 0.0741. The molecule has 0 saturated carbocycles.